The quantitative estimate of drug-likeness (QED) is 0.463. The number of aromatic hydroxyl groups is 2. The first-order chi connectivity index (χ1) is 12.3. The van der Waals surface area contributed by atoms with E-state index in [9.17, 15) is 24.9 Å². The number of carbonyl (C=O) groups excluding carboxylic acids is 2. The maximum atomic E-state index is 12.5. The highest BCUT2D eigenvalue weighted by Gasteiger charge is 2.32. The standard InChI is InChI=1S/C18H19ClO7/c1-8-4-12(21)15-3-2-10(26-15)5-9(20)6-11-16(18(24)25-8)13(22)7-14(23)17(11)19/h2-3,7-8,10,12,15,21-23H,4-6H2,1H3/t8-,10?,12?,15?/m1/s1. The summed E-state index contributed by atoms with van der Waals surface area (Å²) in [6.45, 7) is 1.60. The molecule has 0 radical (unpaired) electrons. The Kier molecular flexibility index (Phi) is 5.22. The number of aliphatic hydroxyl groups excluding tert-OH is 1. The Balaban J connectivity index is 2.02. The van der Waals surface area contributed by atoms with Crippen LogP contribution in [0.25, 0.3) is 0 Å². The number of ketones is 1. The number of halogens is 1. The van der Waals surface area contributed by atoms with Gasteiger partial charge in [0.1, 0.15) is 35.1 Å². The number of carbonyl (C=O) groups is 2. The molecular formula is C18H19ClO7. The molecule has 3 N–H and O–H groups in total. The minimum atomic E-state index is -0.911. The van der Waals surface area contributed by atoms with Crippen LogP contribution in [0.15, 0.2) is 18.2 Å². The van der Waals surface area contributed by atoms with Crippen molar-refractivity contribution in [1.29, 1.82) is 0 Å². The molecule has 2 aliphatic heterocycles. The summed E-state index contributed by atoms with van der Waals surface area (Å²) in [5, 5.41) is 30.0. The molecular weight excluding hydrogens is 364 g/mol. The van der Waals surface area contributed by atoms with Crippen molar-refractivity contribution in [2.45, 2.75) is 50.6 Å². The van der Waals surface area contributed by atoms with E-state index in [1.54, 1.807) is 19.1 Å². The van der Waals surface area contributed by atoms with Crippen LogP contribution in [0.4, 0.5) is 0 Å². The van der Waals surface area contributed by atoms with Crippen molar-refractivity contribution in [1.82, 2.24) is 0 Å². The second kappa shape index (κ2) is 7.26. The van der Waals surface area contributed by atoms with Gasteiger partial charge in [0, 0.05) is 30.9 Å². The molecule has 0 fully saturated rings. The van der Waals surface area contributed by atoms with Gasteiger partial charge < -0.3 is 24.8 Å². The van der Waals surface area contributed by atoms with E-state index in [1.807, 2.05) is 0 Å². The molecule has 2 heterocycles. The van der Waals surface area contributed by atoms with Crippen molar-refractivity contribution < 1.29 is 34.4 Å². The fraction of sp³-hybridized carbons (Fsp3) is 0.444. The molecule has 1 aromatic carbocycles. The maximum absolute atomic E-state index is 12.5. The molecule has 0 aromatic heterocycles. The molecule has 3 rings (SSSR count). The van der Waals surface area contributed by atoms with Gasteiger partial charge in [0.25, 0.3) is 0 Å². The highest BCUT2D eigenvalue weighted by atomic mass is 35.5. The fourth-order valence-electron chi connectivity index (χ4n) is 3.20. The SMILES string of the molecule is C[C@@H]1CC(O)C2C=CC(CC(=O)Cc3c(Cl)c(O)cc(O)c3C(=O)O1)O2. The monoisotopic (exact) mass is 382 g/mol. The number of ether oxygens (including phenoxy) is 2. The van der Waals surface area contributed by atoms with Crippen molar-refractivity contribution in [3.8, 4) is 11.5 Å². The van der Waals surface area contributed by atoms with Crippen LogP contribution >= 0.6 is 11.6 Å². The second-order valence-corrected chi connectivity index (χ2v) is 6.92. The predicted octanol–water partition coefficient (Wildman–Crippen LogP) is 1.89. The van der Waals surface area contributed by atoms with Crippen molar-refractivity contribution in [3.05, 3.63) is 34.4 Å². The zero-order valence-corrected chi connectivity index (χ0v) is 14.8. The molecule has 2 bridgehead atoms. The van der Waals surface area contributed by atoms with Gasteiger partial charge in [-0.25, -0.2) is 4.79 Å². The third-order valence-corrected chi connectivity index (χ3v) is 4.86. The van der Waals surface area contributed by atoms with Gasteiger partial charge in [-0.1, -0.05) is 23.8 Å². The van der Waals surface area contributed by atoms with E-state index in [0.717, 1.165) is 6.07 Å². The average molecular weight is 383 g/mol. The second-order valence-electron chi connectivity index (χ2n) is 6.54. The number of phenolic OH excluding ortho intramolecular Hbond substituents is 2. The zero-order valence-electron chi connectivity index (χ0n) is 14.0. The Morgan fingerprint density at radius 3 is 2.65 bits per heavy atom. The lowest BCUT2D eigenvalue weighted by Gasteiger charge is -2.22. The normalized spacial score (nSPS) is 29.3. The van der Waals surface area contributed by atoms with E-state index in [4.69, 9.17) is 21.1 Å². The van der Waals surface area contributed by atoms with Crippen LogP contribution in [0.3, 0.4) is 0 Å². The maximum Gasteiger partial charge on any atom is 0.342 e. The van der Waals surface area contributed by atoms with Gasteiger partial charge in [0.05, 0.1) is 17.2 Å². The third kappa shape index (κ3) is 3.70. The molecule has 1 aromatic rings. The molecule has 0 saturated carbocycles. The minimum absolute atomic E-state index is 0.00434. The largest absolute Gasteiger partial charge is 0.507 e. The Hall–Kier alpha value is -2.09. The lowest BCUT2D eigenvalue weighted by atomic mass is 9.98. The number of aliphatic hydroxyl groups is 1. The van der Waals surface area contributed by atoms with Crippen LogP contribution in [-0.2, 0) is 20.7 Å². The van der Waals surface area contributed by atoms with Gasteiger partial charge >= 0.3 is 5.97 Å². The van der Waals surface area contributed by atoms with E-state index in [-0.39, 0.29) is 41.2 Å². The number of hydrogen-bond donors (Lipinski definition) is 3. The van der Waals surface area contributed by atoms with Gasteiger partial charge in [-0.2, -0.15) is 0 Å². The zero-order chi connectivity index (χ0) is 19.0. The van der Waals surface area contributed by atoms with Crippen molar-refractivity contribution in [2.24, 2.45) is 0 Å². The number of phenols is 2. The molecule has 0 amide bonds. The summed E-state index contributed by atoms with van der Waals surface area (Å²) in [6.07, 6.45) is 0.565. The van der Waals surface area contributed by atoms with Crippen LogP contribution in [0.1, 0.15) is 35.7 Å². The van der Waals surface area contributed by atoms with E-state index < -0.39 is 41.9 Å². The highest BCUT2D eigenvalue weighted by Crippen LogP contribution is 2.37. The Labute approximate surface area is 154 Å². The van der Waals surface area contributed by atoms with E-state index in [0.29, 0.717) is 0 Å². The number of benzene rings is 1. The van der Waals surface area contributed by atoms with Crippen LogP contribution in [-0.4, -0.2) is 51.5 Å². The van der Waals surface area contributed by atoms with E-state index in [2.05, 4.69) is 0 Å². The van der Waals surface area contributed by atoms with Crippen molar-refractivity contribution in [2.75, 3.05) is 0 Å². The fourth-order valence-corrected chi connectivity index (χ4v) is 3.41. The lowest BCUT2D eigenvalue weighted by molar-refractivity contribution is -0.121. The first-order valence-electron chi connectivity index (χ1n) is 8.24. The topological polar surface area (TPSA) is 113 Å². The van der Waals surface area contributed by atoms with Crippen LogP contribution < -0.4 is 0 Å². The van der Waals surface area contributed by atoms with Gasteiger partial charge in [-0.3, -0.25) is 4.79 Å². The molecule has 0 spiro atoms. The summed E-state index contributed by atoms with van der Waals surface area (Å²) in [5.74, 6) is -2.15. The van der Waals surface area contributed by atoms with Gasteiger partial charge in [-0.05, 0) is 6.92 Å². The Morgan fingerprint density at radius 2 is 1.92 bits per heavy atom. The summed E-state index contributed by atoms with van der Waals surface area (Å²) in [6, 6.07) is 0.929. The molecule has 0 saturated heterocycles. The van der Waals surface area contributed by atoms with Crippen molar-refractivity contribution >= 4 is 23.4 Å². The molecule has 3 unspecified atom stereocenters. The average Bonchev–Trinajstić information content (AvgIpc) is 2.99. The van der Waals surface area contributed by atoms with E-state index in [1.165, 1.54) is 0 Å². The number of fused-ring (bicyclic) bond motifs is 3. The molecule has 4 atom stereocenters. The summed E-state index contributed by atoms with van der Waals surface area (Å²) in [4.78, 5) is 24.9. The molecule has 26 heavy (non-hydrogen) atoms. The van der Waals surface area contributed by atoms with Crippen LogP contribution in [0.2, 0.25) is 5.02 Å². The molecule has 7 nitrogen and oxygen atoms in total. The summed E-state index contributed by atoms with van der Waals surface area (Å²) in [5.41, 5.74) is -0.256. The van der Waals surface area contributed by atoms with Crippen LogP contribution in [0.5, 0.6) is 11.5 Å². The summed E-state index contributed by atoms with van der Waals surface area (Å²) >= 11 is 6.07. The Bertz CT molecular complexity index is 773. The van der Waals surface area contributed by atoms with E-state index >= 15 is 0 Å². The molecule has 2 aliphatic rings. The summed E-state index contributed by atoms with van der Waals surface area (Å²) < 4.78 is 10.9. The van der Waals surface area contributed by atoms with Gasteiger partial charge in [0.2, 0.25) is 0 Å². The molecule has 140 valence electrons. The van der Waals surface area contributed by atoms with Gasteiger partial charge in [0.15, 0.2) is 0 Å². The third-order valence-electron chi connectivity index (χ3n) is 4.44. The van der Waals surface area contributed by atoms with Crippen LogP contribution in [0, 0.1) is 0 Å². The first kappa shape index (κ1) is 18.7. The lowest BCUT2D eigenvalue weighted by Crippen LogP contribution is -2.31. The number of hydrogen-bond acceptors (Lipinski definition) is 7. The number of esters is 1. The molecule has 0 aliphatic carbocycles. The number of rotatable bonds is 0. The smallest absolute Gasteiger partial charge is 0.342 e. The number of cyclic esters (lactones) is 1. The number of Topliss-reactive ketones (excluding diaryl/α,β-unsaturated/α-hetero) is 1. The van der Waals surface area contributed by atoms with Gasteiger partial charge in [-0.15, -0.1) is 0 Å². The Morgan fingerprint density at radius 1 is 1.19 bits per heavy atom. The minimum Gasteiger partial charge on any atom is -0.507 e. The molecule has 8 heteroatoms. The van der Waals surface area contributed by atoms with Crippen molar-refractivity contribution in [3.63, 3.8) is 0 Å². The predicted molar refractivity (Wildman–Crippen MR) is 91.4 cm³/mol. The first-order valence-corrected chi connectivity index (χ1v) is 8.62. The summed E-state index contributed by atoms with van der Waals surface area (Å²) in [7, 11) is 0. The highest BCUT2D eigenvalue weighted by molar-refractivity contribution is 6.33.